The van der Waals surface area contributed by atoms with Gasteiger partial charge in [-0.25, -0.2) is 4.98 Å². The summed E-state index contributed by atoms with van der Waals surface area (Å²) in [7, 11) is 0. The van der Waals surface area contributed by atoms with E-state index in [0.717, 1.165) is 62.3 Å². The van der Waals surface area contributed by atoms with Crippen LogP contribution in [0.15, 0.2) is 36.4 Å². The lowest BCUT2D eigenvalue weighted by molar-refractivity contribution is -0.118. The number of aryl methyl sites for hydroxylation is 1. The van der Waals surface area contributed by atoms with Gasteiger partial charge in [-0.2, -0.15) is 4.98 Å². The van der Waals surface area contributed by atoms with Gasteiger partial charge in [-0.05, 0) is 26.0 Å². The molecule has 0 bridgehead atoms. The SMILES string of the molecule is CCN(c1ccccc1)c1nc(C)cc(N2CCN(C=O)CC2)n1. The predicted molar refractivity (Wildman–Crippen MR) is 95.7 cm³/mol. The van der Waals surface area contributed by atoms with Gasteiger partial charge in [-0.3, -0.25) is 4.79 Å². The Balaban J connectivity index is 1.87. The van der Waals surface area contributed by atoms with Gasteiger partial charge in [-0.1, -0.05) is 18.2 Å². The number of para-hydroxylation sites is 1. The van der Waals surface area contributed by atoms with Crippen molar-refractivity contribution in [3.05, 3.63) is 42.1 Å². The highest BCUT2D eigenvalue weighted by molar-refractivity contribution is 5.59. The number of hydrogen-bond donors (Lipinski definition) is 0. The van der Waals surface area contributed by atoms with Crippen LogP contribution < -0.4 is 9.80 Å². The first-order chi connectivity index (χ1) is 11.7. The van der Waals surface area contributed by atoms with Crippen LogP contribution in [0.4, 0.5) is 17.5 Å². The maximum Gasteiger partial charge on any atom is 0.232 e. The lowest BCUT2D eigenvalue weighted by atomic mass is 10.3. The number of amides is 1. The lowest BCUT2D eigenvalue weighted by Crippen LogP contribution is -2.46. The van der Waals surface area contributed by atoms with Gasteiger partial charge in [0.1, 0.15) is 5.82 Å². The first-order valence-electron chi connectivity index (χ1n) is 8.34. The van der Waals surface area contributed by atoms with E-state index in [2.05, 4.69) is 33.8 Å². The fourth-order valence-electron chi connectivity index (χ4n) is 2.92. The number of aromatic nitrogens is 2. The average molecular weight is 325 g/mol. The zero-order valence-corrected chi connectivity index (χ0v) is 14.2. The van der Waals surface area contributed by atoms with E-state index in [-0.39, 0.29) is 0 Å². The second kappa shape index (κ2) is 7.29. The second-order valence-electron chi connectivity index (χ2n) is 5.88. The van der Waals surface area contributed by atoms with Crippen LogP contribution in [0.1, 0.15) is 12.6 Å². The molecule has 1 saturated heterocycles. The number of hydrogen-bond acceptors (Lipinski definition) is 5. The van der Waals surface area contributed by atoms with Crippen molar-refractivity contribution in [2.45, 2.75) is 13.8 Å². The molecule has 0 aliphatic carbocycles. The monoisotopic (exact) mass is 325 g/mol. The number of piperazine rings is 1. The summed E-state index contributed by atoms with van der Waals surface area (Å²) in [5.41, 5.74) is 2.03. The summed E-state index contributed by atoms with van der Waals surface area (Å²) in [6.07, 6.45) is 0.919. The molecular weight excluding hydrogens is 302 g/mol. The second-order valence-corrected chi connectivity index (χ2v) is 5.88. The van der Waals surface area contributed by atoms with E-state index in [9.17, 15) is 4.79 Å². The molecule has 24 heavy (non-hydrogen) atoms. The third kappa shape index (κ3) is 3.48. The average Bonchev–Trinajstić information content (AvgIpc) is 2.63. The number of rotatable bonds is 5. The molecule has 1 aromatic heterocycles. The molecular formula is C18H23N5O. The van der Waals surface area contributed by atoms with Crippen LogP contribution in [0.5, 0.6) is 0 Å². The molecule has 1 aromatic carbocycles. The van der Waals surface area contributed by atoms with Crippen molar-refractivity contribution >= 4 is 23.9 Å². The molecule has 0 spiro atoms. The number of benzene rings is 1. The molecule has 6 nitrogen and oxygen atoms in total. The van der Waals surface area contributed by atoms with Crippen molar-refractivity contribution < 1.29 is 4.79 Å². The van der Waals surface area contributed by atoms with Crippen molar-refractivity contribution in [1.82, 2.24) is 14.9 Å². The van der Waals surface area contributed by atoms with Crippen molar-refractivity contribution in [2.75, 3.05) is 42.5 Å². The third-order valence-electron chi connectivity index (χ3n) is 4.24. The summed E-state index contributed by atoms with van der Waals surface area (Å²) in [6.45, 7) is 7.95. The molecule has 2 aromatic rings. The van der Waals surface area contributed by atoms with Gasteiger partial charge >= 0.3 is 0 Å². The van der Waals surface area contributed by atoms with E-state index < -0.39 is 0 Å². The summed E-state index contributed by atoms with van der Waals surface area (Å²) >= 11 is 0. The Morgan fingerprint density at radius 3 is 2.46 bits per heavy atom. The maximum atomic E-state index is 10.9. The Hall–Kier alpha value is -2.63. The molecule has 0 N–H and O–H groups in total. The molecule has 0 unspecified atom stereocenters. The highest BCUT2D eigenvalue weighted by Gasteiger charge is 2.19. The van der Waals surface area contributed by atoms with Crippen molar-refractivity contribution in [3.63, 3.8) is 0 Å². The zero-order chi connectivity index (χ0) is 16.9. The van der Waals surface area contributed by atoms with E-state index in [1.165, 1.54) is 0 Å². The summed E-state index contributed by atoms with van der Waals surface area (Å²) in [6, 6.07) is 12.2. The lowest BCUT2D eigenvalue weighted by Gasteiger charge is -2.34. The molecule has 0 saturated carbocycles. The van der Waals surface area contributed by atoms with E-state index in [1.807, 2.05) is 31.2 Å². The molecule has 1 fully saturated rings. The van der Waals surface area contributed by atoms with E-state index >= 15 is 0 Å². The summed E-state index contributed by atoms with van der Waals surface area (Å²) in [5.74, 6) is 1.65. The van der Waals surface area contributed by atoms with Crippen LogP contribution in [0.2, 0.25) is 0 Å². The molecule has 0 radical (unpaired) electrons. The van der Waals surface area contributed by atoms with Crippen LogP contribution in [0.25, 0.3) is 0 Å². The van der Waals surface area contributed by atoms with Crippen molar-refractivity contribution in [1.29, 1.82) is 0 Å². The van der Waals surface area contributed by atoms with Crippen LogP contribution in [0.3, 0.4) is 0 Å². The zero-order valence-electron chi connectivity index (χ0n) is 14.2. The smallest absolute Gasteiger partial charge is 0.232 e. The topological polar surface area (TPSA) is 52.6 Å². The quantitative estimate of drug-likeness (QED) is 0.789. The molecule has 0 atom stereocenters. The van der Waals surface area contributed by atoms with Gasteiger partial charge in [0.25, 0.3) is 0 Å². The normalized spacial score (nSPS) is 14.6. The van der Waals surface area contributed by atoms with Crippen molar-refractivity contribution in [2.24, 2.45) is 0 Å². The van der Waals surface area contributed by atoms with E-state index in [4.69, 9.17) is 4.98 Å². The Morgan fingerprint density at radius 1 is 1.12 bits per heavy atom. The minimum absolute atomic E-state index is 0.719. The number of carbonyl (C=O) groups excluding carboxylic acids is 1. The summed E-state index contributed by atoms with van der Waals surface area (Å²) in [4.78, 5) is 26.4. The van der Waals surface area contributed by atoms with Crippen LogP contribution in [0, 0.1) is 6.92 Å². The van der Waals surface area contributed by atoms with Crippen LogP contribution >= 0.6 is 0 Å². The highest BCUT2D eigenvalue weighted by Crippen LogP contribution is 2.24. The molecule has 2 heterocycles. The predicted octanol–water partition coefficient (Wildman–Crippen LogP) is 2.22. The maximum absolute atomic E-state index is 10.9. The van der Waals surface area contributed by atoms with Crippen LogP contribution in [-0.2, 0) is 4.79 Å². The Bertz CT molecular complexity index is 683. The number of nitrogens with zero attached hydrogens (tertiary/aromatic N) is 5. The van der Waals surface area contributed by atoms with Gasteiger partial charge in [0.05, 0.1) is 0 Å². The van der Waals surface area contributed by atoms with Gasteiger partial charge in [0, 0.05) is 50.2 Å². The first-order valence-corrected chi connectivity index (χ1v) is 8.34. The summed E-state index contributed by atoms with van der Waals surface area (Å²) < 4.78 is 0. The minimum Gasteiger partial charge on any atom is -0.353 e. The van der Waals surface area contributed by atoms with E-state index in [1.54, 1.807) is 4.90 Å². The highest BCUT2D eigenvalue weighted by atomic mass is 16.1. The molecule has 126 valence electrons. The number of anilines is 3. The van der Waals surface area contributed by atoms with Gasteiger partial charge in [0.2, 0.25) is 12.4 Å². The fourth-order valence-corrected chi connectivity index (χ4v) is 2.92. The Morgan fingerprint density at radius 2 is 1.83 bits per heavy atom. The molecule has 1 amide bonds. The van der Waals surface area contributed by atoms with Crippen LogP contribution in [-0.4, -0.2) is 54.0 Å². The Labute approximate surface area is 142 Å². The van der Waals surface area contributed by atoms with Gasteiger partial charge < -0.3 is 14.7 Å². The van der Waals surface area contributed by atoms with Gasteiger partial charge in [0.15, 0.2) is 0 Å². The number of carbonyl (C=O) groups is 1. The largest absolute Gasteiger partial charge is 0.353 e. The first kappa shape index (κ1) is 16.2. The fraction of sp³-hybridized carbons (Fsp3) is 0.389. The standard InChI is InChI=1S/C18H23N5O/c1-3-23(16-7-5-4-6-8-16)18-19-15(2)13-17(20-18)22-11-9-21(14-24)10-12-22/h4-8,13-14H,3,9-12H2,1-2H3. The molecule has 6 heteroatoms. The summed E-state index contributed by atoms with van der Waals surface area (Å²) in [5, 5.41) is 0. The molecule has 1 aliphatic rings. The van der Waals surface area contributed by atoms with Crippen molar-refractivity contribution in [3.8, 4) is 0 Å². The Kier molecular flexibility index (Phi) is 4.93. The molecule has 1 aliphatic heterocycles. The van der Waals surface area contributed by atoms with E-state index in [0.29, 0.717) is 0 Å². The minimum atomic E-state index is 0.719. The van der Waals surface area contributed by atoms with Gasteiger partial charge in [-0.15, -0.1) is 0 Å². The molecule has 3 rings (SSSR count). The third-order valence-corrected chi connectivity index (χ3v) is 4.24.